The van der Waals surface area contributed by atoms with Crippen LogP contribution in [0.15, 0.2) is 24.3 Å². The van der Waals surface area contributed by atoms with Gasteiger partial charge < -0.3 is 10.6 Å². The van der Waals surface area contributed by atoms with E-state index in [1.54, 1.807) is 0 Å². The molecule has 1 aliphatic rings. The molecule has 1 aromatic carbocycles. The molecule has 0 aliphatic carbocycles. The summed E-state index contributed by atoms with van der Waals surface area (Å²) in [6, 6.07) is 6.82. The van der Waals surface area contributed by atoms with Gasteiger partial charge in [0.15, 0.2) is 0 Å². The first-order valence-corrected chi connectivity index (χ1v) is 8.91. The minimum absolute atomic E-state index is 0.00641. The first-order valence-electron chi connectivity index (χ1n) is 8.91. The van der Waals surface area contributed by atoms with Crippen molar-refractivity contribution < 1.29 is 14.0 Å². The third-order valence-electron chi connectivity index (χ3n) is 4.76. The number of rotatable bonds is 6. The number of hydrogen-bond donors (Lipinski definition) is 1. The van der Waals surface area contributed by atoms with E-state index in [0.717, 1.165) is 25.1 Å². The Labute approximate surface area is 149 Å². The molecular weight excluding hydrogens is 321 g/mol. The highest BCUT2D eigenvalue weighted by molar-refractivity contribution is 5.82. The standard InChI is InChI=1S/C19H28FN3O2/c1-14(2)17-13-23(19(25)9-8-18(21)24)11-3-10-22(17)12-15-4-6-16(20)7-5-15/h4-7,14,17H,3,8-13H2,1-2H3,(H2,21,24). The van der Waals surface area contributed by atoms with E-state index in [1.807, 2.05) is 17.0 Å². The van der Waals surface area contributed by atoms with Gasteiger partial charge in [-0.1, -0.05) is 26.0 Å². The van der Waals surface area contributed by atoms with Gasteiger partial charge in [-0.05, 0) is 30.0 Å². The fraction of sp³-hybridized carbons (Fsp3) is 0.579. The van der Waals surface area contributed by atoms with Gasteiger partial charge in [0, 0.05) is 45.1 Å². The first-order chi connectivity index (χ1) is 11.9. The molecule has 0 aromatic heterocycles. The fourth-order valence-corrected chi connectivity index (χ4v) is 3.33. The van der Waals surface area contributed by atoms with Gasteiger partial charge in [-0.3, -0.25) is 14.5 Å². The molecule has 1 heterocycles. The second-order valence-corrected chi connectivity index (χ2v) is 7.07. The van der Waals surface area contributed by atoms with Gasteiger partial charge in [-0.15, -0.1) is 0 Å². The minimum Gasteiger partial charge on any atom is -0.370 e. The highest BCUT2D eigenvalue weighted by Crippen LogP contribution is 2.20. The molecule has 1 aliphatic heterocycles. The smallest absolute Gasteiger partial charge is 0.223 e. The molecule has 1 fully saturated rings. The highest BCUT2D eigenvalue weighted by atomic mass is 19.1. The number of benzene rings is 1. The molecule has 1 atom stereocenters. The van der Waals surface area contributed by atoms with Crippen LogP contribution in [0.1, 0.15) is 38.7 Å². The van der Waals surface area contributed by atoms with Crippen molar-refractivity contribution in [1.82, 2.24) is 9.80 Å². The molecule has 0 bridgehead atoms. The summed E-state index contributed by atoms with van der Waals surface area (Å²) in [7, 11) is 0. The van der Waals surface area contributed by atoms with Gasteiger partial charge in [0.05, 0.1) is 0 Å². The van der Waals surface area contributed by atoms with Crippen molar-refractivity contribution in [2.75, 3.05) is 19.6 Å². The summed E-state index contributed by atoms with van der Waals surface area (Å²) >= 11 is 0. The molecule has 25 heavy (non-hydrogen) atoms. The lowest BCUT2D eigenvalue weighted by molar-refractivity contribution is -0.133. The zero-order valence-electron chi connectivity index (χ0n) is 15.1. The predicted octanol–water partition coefficient (Wildman–Crippen LogP) is 2.15. The van der Waals surface area contributed by atoms with E-state index in [1.165, 1.54) is 12.1 Å². The lowest BCUT2D eigenvalue weighted by Gasteiger charge is -2.34. The van der Waals surface area contributed by atoms with E-state index in [0.29, 0.717) is 19.0 Å². The molecule has 5 nitrogen and oxygen atoms in total. The van der Waals surface area contributed by atoms with Crippen LogP contribution in [-0.2, 0) is 16.1 Å². The summed E-state index contributed by atoms with van der Waals surface area (Å²) in [4.78, 5) is 27.5. The van der Waals surface area contributed by atoms with Crippen molar-refractivity contribution in [1.29, 1.82) is 0 Å². The Morgan fingerprint density at radius 3 is 2.48 bits per heavy atom. The number of halogens is 1. The SMILES string of the molecule is CC(C)C1CN(C(=O)CCC(N)=O)CCCN1Cc1ccc(F)cc1. The molecule has 0 spiro atoms. The summed E-state index contributed by atoms with van der Waals surface area (Å²) in [5, 5.41) is 0. The second-order valence-electron chi connectivity index (χ2n) is 7.07. The molecule has 2 rings (SSSR count). The maximum atomic E-state index is 13.1. The quantitative estimate of drug-likeness (QED) is 0.856. The molecule has 1 saturated heterocycles. The third-order valence-corrected chi connectivity index (χ3v) is 4.76. The van der Waals surface area contributed by atoms with Crippen LogP contribution in [0.5, 0.6) is 0 Å². The average molecular weight is 349 g/mol. The lowest BCUT2D eigenvalue weighted by Crippen LogP contribution is -2.45. The Balaban J connectivity index is 2.05. The predicted molar refractivity (Wildman–Crippen MR) is 95.1 cm³/mol. The molecule has 0 radical (unpaired) electrons. The van der Waals surface area contributed by atoms with Gasteiger partial charge in [-0.2, -0.15) is 0 Å². The molecule has 0 saturated carbocycles. The maximum absolute atomic E-state index is 13.1. The molecule has 2 N–H and O–H groups in total. The van der Waals surface area contributed by atoms with Gasteiger partial charge >= 0.3 is 0 Å². The zero-order chi connectivity index (χ0) is 18.4. The highest BCUT2D eigenvalue weighted by Gasteiger charge is 2.29. The molecule has 6 heteroatoms. The van der Waals surface area contributed by atoms with E-state index in [4.69, 9.17) is 5.73 Å². The molecule has 1 unspecified atom stereocenters. The second kappa shape index (κ2) is 8.94. The normalized spacial score (nSPS) is 19.0. The monoisotopic (exact) mass is 349 g/mol. The van der Waals surface area contributed by atoms with Crippen molar-refractivity contribution in [3.63, 3.8) is 0 Å². The van der Waals surface area contributed by atoms with E-state index in [2.05, 4.69) is 18.7 Å². The van der Waals surface area contributed by atoms with E-state index in [-0.39, 0.29) is 30.6 Å². The summed E-state index contributed by atoms with van der Waals surface area (Å²) in [5.41, 5.74) is 6.22. The topological polar surface area (TPSA) is 66.6 Å². The lowest BCUT2D eigenvalue weighted by atomic mass is 10.0. The van der Waals surface area contributed by atoms with Crippen LogP contribution in [-0.4, -0.2) is 47.3 Å². The Morgan fingerprint density at radius 1 is 1.20 bits per heavy atom. The summed E-state index contributed by atoms with van der Waals surface area (Å²) in [6.07, 6.45) is 1.16. The number of hydrogen-bond acceptors (Lipinski definition) is 3. The van der Waals surface area contributed by atoms with Gasteiger partial charge in [0.1, 0.15) is 5.82 Å². The van der Waals surface area contributed by atoms with Gasteiger partial charge in [0.25, 0.3) is 0 Å². The van der Waals surface area contributed by atoms with Crippen molar-refractivity contribution in [3.8, 4) is 0 Å². The van der Waals surface area contributed by atoms with Crippen LogP contribution in [0, 0.1) is 11.7 Å². The first kappa shape index (κ1) is 19.4. The Morgan fingerprint density at radius 2 is 1.88 bits per heavy atom. The number of nitrogens with zero attached hydrogens (tertiary/aromatic N) is 2. The van der Waals surface area contributed by atoms with Crippen LogP contribution in [0.4, 0.5) is 4.39 Å². The molecule has 2 amide bonds. The van der Waals surface area contributed by atoms with E-state index in [9.17, 15) is 14.0 Å². The van der Waals surface area contributed by atoms with Crippen LogP contribution < -0.4 is 5.73 Å². The van der Waals surface area contributed by atoms with Crippen molar-refractivity contribution >= 4 is 11.8 Å². The number of carbonyl (C=O) groups is 2. The van der Waals surface area contributed by atoms with Crippen molar-refractivity contribution in [3.05, 3.63) is 35.6 Å². The Kier molecular flexibility index (Phi) is 6.93. The minimum atomic E-state index is -0.443. The van der Waals surface area contributed by atoms with Crippen LogP contribution in [0.25, 0.3) is 0 Å². The largest absolute Gasteiger partial charge is 0.370 e. The van der Waals surface area contributed by atoms with E-state index >= 15 is 0 Å². The summed E-state index contributed by atoms with van der Waals surface area (Å²) < 4.78 is 13.1. The molecule has 1 aromatic rings. The van der Waals surface area contributed by atoms with Crippen molar-refractivity contribution in [2.24, 2.45) is 11.7 Å². The van der Waals surface area contributed by atoms with Crippen molar-refractivity contribution in [2.45, 2.75) is 45.7 Å². The molecule has 138 valence electrons. The average Bonchev–Trinajstić information content (AvgIpc) is 2.77. The Bertz CT molecular complexity index is 589. The number of nitrogens with two attached hydrogens (primary N) is 1. The number of carbonyl (C=O) groups excluding carboxylic acids is 2. The van der Waals surface area contributed by atoms with Gasteiger partial charge in [-0.25, -0.2) is 4.39 Å². The zero-order valence-corrected chi connectivity index (χ0v) is 15.1. The number of amides is 2. The molecular formula is C19H28FN3O2. The Hall–Kier alpha value is -1.95. The third kappa shape index (κ3) is 5.81. The van der Waals surface area contributed by atoms with Crippen LogP contribution in [0.2, 0.25) is 0 Å². The summed E-state index contributed by atoms with van der Waals surface area (Å²) in [6.45, 7) is 7.28. The van der Waals surface area contributed by atoms with Crippen LogP contribution in [0.3, 0.4) is 0 Å². The van der Waals surface area contributed by atoms with Gasteiger partial charge in [0.2, 0.25) is 11.8 Å². The fourth-order valence-electron chi connectivity index (χ4n) is 3.33. The number of primary amides is 1. The maximum Gasteiger partial charge on any atom is 0.223 e. The van der Waals surface area contributed by atoms with E-state index < -0.39 is 5.91 Å². The summed E-state index contributed by atoms with van der Waals surface area (Å²) in [5.74, 6) is -0.300. The van der Waals surface area contributed by atoms with Crippen LogP contribution >= 0.6 is 0 Å².